The lowest BCUT2D eigenvalue weighted by molar-refractivity contribution is -0.139. The molecule has 1 aliphatic rings. The lowest BCUT2D eigenvalue weighted by Gasteiger charge is -2.07. The summed E-state index contributed by atoms with van der Waals surface area (Å²) >= 11 is 0. The monoisotopic (exact) mass is 307 g/mol. The van der Waals surface area contributed by atoms with E-state index < -0.39 is 11.9 Å². The molecule has 0 spiro atoms. The Balaban J connectivity index is 1.93. The highest BCUT2D eigenvalue weighted by Crippen LogP contribution is 2.36. The van der Waals surface area contributed by atoms with Crippen molar-refractivity contribution in [3.63, 3.8) is 0 Å². The summed E-state index contributed by atoms with van der Waals surface area (Å²) in [5.41, 5.74) is 1.38. The molecule has 0 amide bonds. The van der Waals surface area contributed by atoms with Crippen LogP contribution in [0.3, 0.4) is 0 Å². The fourth-order valence-electron chi connectivity index (χ4n) is 2.23. The number of rotatable bonds is 5. The molecule has 0 aliphatic heterocycles. The predicted octanol–water partition coefficient (Wildman–Crippen LogP) is 0.826. The Morgan fingerprint density at radius 3 is 2.23 bits per heavy atom. The maximum Gasteiger partial charge on any atom is 0.331 e. The smallest absolute Gasteiger partial charge is 0.331 e. The number of fused-ring (bicyclic) bond motifs is 1. The van der Waals surface area contributed by atoms with E-state index >= 15 is 0 Å². The summed E-state index contributed by atoms with van der Waals surface area (Å²) in [6, 6.07) is 0. The molecule has 22 heavy (non-hydrogen) atoms. The molecule has 0 saturated heterocycles. The van der Waals surface area contributed by atoms with Gasteiger partial charge >= 0.3 is 11.9 Å². The van der Waals surface area contributed by atoms with E-state index in [-0.39, 0.29) is 24.9 Å². The van der Waals surface area contributed by atoms with Crippen molar-refractivity contribution in [2.24, 2.45) is 0 Å². The summed E-state index contributed by atoms with van der Waals surface area (Å²) in [4.78, 5) is 22.2. The zero-order chi connectivity index (χ0) is 16.1. The molecular formula is C15H17NO6. The highest BCUT2D eigenvalue weighted by molar-refractivity contribution is 5.91. The first-order valence-corrected chi connectivity index (χ1v) is 6.74. The van der Waals surface area contributed by atoms with Gasteiger partial charge in [0.25, 0.3) is 0 Å². The van der Waals surface area contributed by atoms with Crippen molar-refractivity contribution in [2.75, 3.05) is 13.7 Å². The van der Waals surface area contributed by atoms with Gasteiger partial charge in [-0.25, -0.2) is 9.59 Å². The number of hydrogen-bond acceptors (Lipinski definition) is 6. The second-order valence-corrected chi connectivity index (χ2v) is 4.66. The topological polar surface area (TPSA) is 98.0 Å². The molecule has 1 aliphatic carbocycles. The molecule has 0 radical (unpaired) electrons. The molecule has 1 heterocycles. The van der Waals surface area contributed by atoms with Crippen molar-refractivity contribution in [3.8, 4) is 11.8 Å². The molecule has 0 saturated carbocycles. The number of allylic oxidation sites excluding steroid dienone is 2. The van der Waals surface area contributed by atoms with Gasteiger partial charge in [0.2, 0.25) is 0 Å². The van der Waals surface area contributed by atoms with Gasteiger partial charge in [-0.3, -0.25) is 4.57 Å². The Bertz CT molecular complexity index is 609. The van der Waals surface area contributed by atoms with E-state index in [2.05, 4.69) is 4.74 Å². The highest BCUT2D eigenvalue weighted by atomic mass is 16.5. The molecule has 2 rings (SSSR count). The Labute approximate surface area is 127 Å². The van der Waals surface area contributed by atoms with Gasteiger partial charge in [-0.15, -0.1) is 0 Å². The molecule has 0 fully saturated rings. The SMILES string of the molecule is COC(=O)C=CC(=O)OCCn1c(O)c2c(c1O)CC=CC2. The van der Waals surface area contributed by atoms with Crippen LogP contribution in [-0.2, 0) is 38.4 Å². The van der Waals surface area contributed by atoms with Crippen LogP contribution in [0, 0.1) is 0 Å². The van der Waals surface area contributed by atoms with Gasteiger partial charge < -0.3 is 19.7 Å². The van der Waals surface area contributed by atoms with Gasteiger partial charge in [-0.2, -0.15) is 0 Å². The average Bonchev–Trinajstić information content (AvgIpc) is 2.78. The number of carbonyl (C=O) groups excluding carboxylic acids is 2. The van der Waals surface area contributed by atoms with Crippen molar-refractivity contribution in [3.05, 3.63) is 35.4 Å². The number of esters is 2. The number of methoxy groups -OCH3 is 1. The number of ether oxygens (including phenoxy) is 2. The lowest BCUT2D eigenvalue weighted by Crippen LogP contribution is -2.09. The van der Waals surface area contributed by atoms with Crippen LogP contribution in [0.25, 0.3) is 0 Å². The van der Waals surface area contributed by atoms with E-state index in [4.69, 9.17) is 4.74 Å². The second kappa shape index (κ2) is 6.84. The molecule has 7 heteroatoms. The summed E-state index contributed by atoms with van der Waals surface area (Å²) in [6.07, 6.45) is 6.87. The van der Waals surface area contributed by atoms with Crippen LogP contribution in [0.15, 0.2) is 24.3 Å². The van der Waals surface area contributed by atoms with Crippen molar-refractivity contribution in [2.45, 2.75) is 19.4 Å². The van der Waals surface area contributed by atoms with Gasteiger partial charge in [-0.05, 0) is 12.8 Å². The first-order chi connectivity index (χ1) is 10.5. The van der Waals surface area contributed by atoms with E-state index in [0.717, 1.165) is 12.2 Å². The largest absolute Gasteiger partial charge is 0.494 e. The first kappa shape index (κ1) is 15.7. The van der Waals surface area contributed by atoms with Crippen molar-refractivity contribution < 1.29 is 29.3 Å². The number of aromatic hydroxyl groups is 2. The zero-order valence-corrected chi connectivity index (χ0v) is 12.1. The summed E-state index contributed by atoms with van der Waals surface area (Å²) in [7, 11) is 1.20. The summed E-state index contributed by atoms with van der Waals surface area (Å²) < 4.78 is 10.5. The Hall–Kier alpha value is -2.70. The van der Waals surface area contributed by atoms with E-state index in [1.165, 1.54) is 11.7 Å². The fourth-order valence-corrected chi connectivity index (χ4v) is 2.23. The minimum Gasteiger partial charge on any atom is -0.494 e. The van der Waals surface area contributed by atoms with E-state index in [9.17, 15) is 19.8 Å². The van der Waals surface area contributed by atoms with Gasteiger partial charge in [-0.1, -0.05) is 12.2 Å². The van der Waals surface area contributed by atoms with Gasteiger partial charge in [0.05, 0.1) is 13.7 Å². The molecular weight excluding hydrogens is 290 g/mol. The molecule has 0 unspecified atom stereocenters. The van der Waals surface area contributed by atoms with Crippen LogP contribution in [-0.4, -0.2) is 40.4 Å². The third-order valence-corrected chi connectivity index (χ3v) is 3.34. The molecule has 1 aromatic heterocycles. The van der Waals surface area contributed by atoms with E-state index in [1.807, 2.05) is 12.2 Å². The molecule has 0 bridgehead atoms. The summed E-state index contributed by atoms with van der Waals surface area (Å²) in [6.45, 7) is 0.0644. The Morgan fingerprint density at radius 1 is 1.14 bits per heavy atom. The van der Waals surface area contributed by atoms with Crippen LogP contribution < -0.4 is 0 Å². The third-order valence-electron chi connectivity index (χ3n) is 3.34. The van der Waals surface area contributed by atoms with Crippen LogP contribution >= 0.6 is 0 Å². The molecule has 118 valence electrons. The molecule has 0 aromatic carbocycles. The van der Waals surface area contributed by atoms with Crippen LogP contribution in [0.2, 0.25) is 0 Å². The summed E-state index contributed by atoms with van der Waals surface area (Å²) in [5, 5.41) is 20.2. The quantitative estimate of drug-likeness (QED) is 0.475. The Morgan fingerprint density at radius 2 is 1.68 bits per heavy atom. The average molecular weight is 307 g/mol. The van der Waals surface area contributed by atoms with Crippen molar-refractivity contribution in [1.29, 1.82) is 0 Å². The lowest BCUT2D eigenvalue weighted by atomic mass is 10.0. The molecule has 7 nitrogen and oxygen atoms in total. The van der Waals surface area contributed by atoms with Crippen LogP contribution in [0.4, 0.5) is 0 Å². The highest BCUT2D eigenvalue weighted by Gasteiger charge is 2.22. The normalized spacial score (nSPS) is 13.1. The van der Waals surface area contributed by atoms with Gasteiger partial charge in [0, 0.05) is 23.3 Å². The standard InChI is InChI=1S/C15H17NO6/c1-21-12(17)6-7-13(18)22-9-8-16-14(19)10-4-2-3-5-11(10)15(16)20/h2-3,6-7,19-20H,4-5,8-9H2,1H3. The minimum absolute atomic E-state index is 0.0157. The Kier molecular flexibility index (Phi) is 4.88. The molecule has 1 aromatic rings. The van der Waals surface area contributed by atoms with Gasteiger partial charge in [0.1, 0.15) is 6.61 Å². The minimum atomic E-state index is -0.706. The fraction of sp³-hybridized carbons (Fsp3) is 0.333. The first-order valence-electron chi connectivity index (χ1n) is 6.74. The summed E-state index contributed by atoms with van der Waals surface area (Å²) in [5.74, 6) is -1.39. The number of carbonyl (C=O) groups is 2. The number of hydrogen-bond donors (Lipinski definition) is 2. The molecule has 0 atom stereocenters. The predicted molar refractivity (Wildman–Crippen MR) is 76.4 cm³/mol. The maximum atomic E-state index is 11.4. The van der Waals surface area contributed by atoms with Crippen molar-refractivity contribution >= 4 is 11.9 Å². The number of nitrogens with zero attached hydrogens (tertiary/aromatic N) is 1. The molecule has 2 N–H and O–H groups in total. The maximum absolute atomic E-state index is 11.4. The third kappa shape index (κ3) is 3.30. The van der Waals surface area contributed by atoms with Gasteiger partial charge in [0.15, 0.2) is 11.8 Å². The van der Waals surface area contributed by atoms with Crippen molar-refractivity contribution in [1.82, 2.24) is 4.57 Å². The zero-order valence-electron chi connectivity index (χ0n) is 12.1. The van der Waals surface area contributed by atoms with E-state index in [0.29, 0.717) is 24.0 Å². The number of aromatic nitrogens is 1. The van der Waals surface area contributed by atoms with Crippen LogP contribution in [0.5, 0.6) is 11.8 Å². The van der Waals surface area contributed by atoms with E-state index in [1.54, 1.807) is 0 Å². The second-order valence-electron chi connectivity index (χ2n) is 4.66. The van der Waals surface area contributed by atoms with Crippen LogP contribution in [0.1, 0.15) is 11.1 Å².